The Balaban J connectivity index is 2.37. The third kappa shape index (κ3) is 2.26. The van der Waals surface area contributed by atoms with Crippen LogP contribution in [0.5, 0.6) is 5.75 Å². The first-order valence-corrected chi connectivity index (χ1v) is 4.96. The number of rotatable bonds is 3. The Morgan fingerprint density at radius 2 is 2.35 bits per heavy atom. The summed E-state index contributed by atoms with van der Waals surface area (Å²) in [4.78, 5) is 3.11. The lowest BCUT2D eigenvalue weighted by molar-refractivity contribution is 0.413. The number of ether oxygens (including phenoxy) is 1. The van der Waals surface area contributed by atoms with E-state index in [1.54, 1.807) is 29.2 Å². The van der Waals surface area contributed by atoms with Gasteiger partial charge in [-0.15, -0.1) is 0 Å². The van der Waals surface area contributed by atoms with Gasteiger partial charge < -0.3 is 4.74 Å². The van der Waals surface area contributed by atoms with E-state index in [0.29, 0.717) is 12.1 Å². The molecule has 0 atom stereocenters. The van der Waals surface area contributed by atoms with Crippen LogP contribution in [0.4, 0.5) is 10.1 Å². The van der Waals surface area contributed by atoms with Crippen LogP contribution in [0.1, 0.15) is 5.56 Å². The molecule has 5 heteroatoms. The fourth-order valence-electron chi connectivity index (χ4n) is 1.56. The third-order valence-corrected chi connectivity index (χ3v) is 2.32. The lowest BCUT2D eigenvalue weighted by atomic mass is 10.2. The van der Waals surface area contributed by atoms with Gasteiger partial charge in [-0.25, -0.2) is 9.24 Å². The molecule has 0 fully saturated rings. The van der Waals surface area contributed by atoms with E-state index < -0.39 is 5.82 Å². The maximum absolute atomic E-state index is 13.6. The average Bonchev–Trinajstić information content (AvgIpc) is 2.81. The standard InChI is InChI=1S/C12H10FN3O/c1-14-12-10(13)6-9(7-11(12)17-2)8-16-5-3-4-15-16/h3-7H,8H2,2H3. The van der Waals surface area contributed by atoms with E-state index in [9.17, 15) is 4.39 Å². The fourth-order valence-corrected chi connectivity index (χ4v) is 1.56. The molecule has 1 heterocycles. The van der Waals surface area contributed by atoms with Gasteiger partial charge in [0.1, 0.15) is 11.6 Å². The van der Waals surface area contributed by atoms with E-state index in [0.717, 1.165) is 0 Å². The molecule has 1 aromatic carbocycles. The van der Waals surface area contributed by atoms with Gasteiger partial charge in [0.15, 0.2) is 0 Å². The molecule has 1 aromatic heterocycles. The Labute approximate surface area is 98.1 Å². The molecule has 0 aliphatic heterocycles. The molecule has 4 nitrogen and oxygen atoms in total. The van der Waals surface area contributed by atoms with Crippen molar-refractivity contribution >= 4 is 5.69 Å². The Hall–Kier alpha value is -2.35. The summed E-state index contributed by atoms with van der Waals surface area (Å²) in [5, 5.41) is 4.03. The van der Waals surface area contributed by atoms with Crippen molar-refractivity contribution in [3.8, 4) is 5.75 Å². The highest BCUT2D eigenvalue weighted by Gasteiger charge is 2.11. The Kier molecular flexibility index (Phi) is 3.06. The molecule has 0 radical (unpaired) electrons. The molecule has 0 aliphatic rings. The van der Waals surface area contributed by atoms with E-state index in [4.69, 9.17) is 11.3 Å². The molecule has 0 unspecified atom stereocenters. The third-order valence-electron chi connectivity index (χ3n) is 2.32. The van der Waals surface area contributed by atoms with Crippen molar-refractivity contribution in [2.75, 3.05) is 7.11 Å². The Morgan fingerprint density at radius 1 is 1.53 bits per heavy atom. The molecule has 17 heavy (non-hydrogen) atoms. The molecule has 0 spiro atoms. The van der Waals surface area contributed by atoms with Gasteiger partial charge in [-0.2, -0.15) is 5.10 Å². The van der Waals surface area contributed by atoms with Gasteiger partial charge >= 0.3 is 0 Å². The van der Waals surface area contributed by atoms with Gasteiger partial charge in [0, 0.05) is 12.4 Å². The molecule has 0 amide bonds. The molecule has 2 rings (SSSR count). The zero-order valence-corrected chi connectivity index (χ0v) is 9.22. The van der Waals surface area contributed by atoms with Gasteiger partial charge in [-0.3, -0.25) is 4.68 Å². The molecule has 2 aromatic rings. The number of hydrogen-bond acceptors (Lipinski definition) is 2. The van der Waals surface area contributed by atoms with Crippen LogP contribution >= 0.6 is 0 Å². The van der Waals surface area contributed by atoms with E-state index in [1.807, 2.05) is 0 Å². The van der Waals surface area contributed by atoms with Crippen LogP contribution in [0, 0.1) is 12.4 Å². The molecule has 0 N–H and O–H groups in total. The summed E-state index contributed by atoms with van der Waals surface area (Å²) in [5.41, 5.74) is 0.618. The van der Waals surface area contributed by atoms with E-state index in [-0.39, 0.29) is 11.4 Å². The summed E-state index contributed by atoms with van der Waals surface area (Å²) in [6.07, 6.45) is 3.44. The Bertz CT molecular complexity index is 558. The quantitative estimate of drug-likeness (QED) is 0.760. The SMILES string of the molecule is [C-]#[N+]c1c(F)cc(Cn2cccn2)cc1OC. The van der Waals surface area contributed by atoms with Gasteiger partial charge in [-0.1, -0.05) is 0 Å². The summed E-state index contributed by atoms with van der Waals surface area (Å²) < 4.78 is 20.3. The van der Waals surface area contributed by atoms with Crippen molar-refractivity contribution in [1.29, 1.82) is 0 Å². The zero-order chi connectivity index (χ0) is 12.3. The average molecular weight is 231 g/mol. The second kappa shape index (κ2) is 4.66. The van der Waals surface area contributed by atoms with Crippen molar-refractivity contribution in [2.24, 2.45) is 0 Å². The molecular formula is C12H10FN3O. The van der Waals surface area contributed by atoms with Crippen molar-refractivity contribution in [1.82, 2.24) is 9.78 Å². The van der Waals surface area contributed by atoms with Crippen LogP contribution in [0.15, 0.2) is 30.6 Å². The first-order chi connectivity index (χ1) is 8.24. The smallest absolute Gasteiger partial charge is 0.262 e. The maximum Gasteiger partial charge on any atom is 0.262 e. The molecular weight excluding hydrogens is 221 g/mol. The second-order valence-electron chi connectivity index (χ2n) is 3.44. The summed E-state index contributed by atoms with van der Waals surface area (Å²) in [7, 11) is 1.42. The van der Waals surface area contributed by atoms with Gasteiger partial charge in [-0.05, 0) is 23.8 Å². The van der Waals surface area contributed by atoms with Crippen molar-refractivity contribution in [3.63, 3.8) is 0 Å². The first-order valence-electron chi connectivity index (χ1n) is 4.96. The number of nitrogens with zero attached hydrogens (tertiary/aromatic N) is 3. The minimum absolute atomic E-state index is 0.0864. The van der Waals surface area contributed by atoms with Gasteiger partial charge in [0.05, 0.1) is 20.2 Å². The largest absolute Gasteiger partial charge is 0.508 e. The minimum Gasteiger partial charge on any atom is -0.508 e. The second-order valence-corrected chi connectivity index (χ2v) is 3.44. The first kappa shape index (κ1) is 11.1. The van der Waals surface area contributed by atoms with Gasteiger partial charge in [0.2, 0.25) is 0 Å². The number of benzene rings is 1. The van der Waals surface area contributed by atoms with Gasteiger partial charge in [0.25, 0.3) is 5.69 Å². The normalized spacial score (nSPS) is 9.94. The van der Waals surface area contributed by atoms with E-state index in [1.165, 1.54) is 13.2 Å². The van der Waals surface area contributed by atoms with Crippen LogP contribution in [0.25, 0.3) is 4.85 Å². The van der Waals surface area contributed by atoms with Crippen molar-refractivity contribution < 1.29 is 9.13 Å². The molecule has 86 valence electrons. The molecule has 0 saturated carbocycles. The van der Waals surface area contributed by atoms with E-state index >= 15 is 0 Å². The summed E-state index contributed by atoms with van der Waals surface area (Å²) >= 11 is 0. The number of aromatic nitrogens is 2. The highest BCUT2D eigenvalue weighted by Crippen LogP contribution is 2.32. The van der Waals surface area contributed by atoms with E-state index in [2.05, 4.69) is 9.94 Å². The zero-order valence-electron chi connectivity index (χ0n) is 9.22. The van der Waals surface area contributed by atoms with Crippen molar-refractivity contribution in [2.45, 2.75) is 6.54 Å². The predicted octanol–water partition coefficient (Wildman–Crippen LogP) is 2.63. The summed E-state index contributed by atoms with van der Waals surface area (Å²) in [5.74, 6) is -0.316. The van der Waals surface area contributed by atoms with Crippen LogP contribution in [-0.4, -0.2) is 16.9 Å². The maximum atomic E-state index is 13.6. The highest BCUT2D eigenvalue weighted by atomic mass is 19.1. The van der Waals surface area contributed by atoms with Crippen LogP contribution < -0.4 is 4.74 Å². The molecule has 0 saturated heterocycles. The highest BCUT2D eigenvalue weighted by molar-refractivity contribution is 5.59. The van der Waals surface area contributed by atoms with Crippen LogP contribution in [-0.2, 0) is 6.54 Å². The van der Waals surface area contributed by atoms with Crippen LogP contribution in [0.2, 0.25) is 0 Å². The number of methoxy groups -OCH3 is 1. The lowest BCUT2D eigenvalue weighted by Crippen LogP contribution is -2.01. The minimum atomic E-state index is -0.568. The number of halogens is 1. The fraction of sp³-hybridized carbons (Fsp3) is 0.167. The summed E-state index contributed by atoms with van der Waals surface area (Å²) in [6, 6.07) is 4.77. The predicted molar refractivity (Wildman–Crippen MR) is 60.5 cm³/mol. The molecule has 0 aliphatic carbocycles. The number of hydrogen-bond donors (Lipinski definition) is 0. The Morgan fingerprint density at radius 3 is 2.94 bits per heavy atom. The summed E-state index contributed by atoms with van der Waals surface area (Å²) in [6.45, 7) is 7.33. The topological polar surface area (TPSA) is 31.4 Å². The molecule has 0 bridgehead atoms. The van der Waals surface area contributed by atoms with Crippen LogP contribution in [0.3, 0.4) is 0 Å². The lowest BCUT2D eigenvalue weighted by Gasteiger charge is -2.08. The van der Waals surface area contributed by atoms with Crippen molar-refractivity contribution in [3.05, 3.63) is 53.4 Å². The monoisotopic (exact) mass is 231 g/mol.